The number of carbonyl (C=O) groups is 1. The molecular formula is C15H20Cl2N2O. The van der Waals surface area contributed by atoms with Crippen LogP contribution in [0.3, 0.4) is 0 Å². The topological polar surface area (TPSA) is 23.6 Å². The fraction of sp³-hybridized carbons (Fsp3) is 0.533. The number of Topliss-reactive ketones (excluding diaryl/α,β-unsaturated/α-hetero) is 1. The molecule has 3 nitrogen and oxygen atoms in total. The molecule has 0 amide bonds. The molecule has 0 aliphatic carbocycles. The largest absolute Gasteiger partial charge is 0.298 e. The van der Waals surface area contributed by atoms with Gasteiger partial charge in [-0.15, -0.1) is 0 Å². The van der Waals surface area contributed by atoms with E-state index < -0.39 is 0 Å². The molecule has 1 heterocycles. The maximum absolute atomic E-state index is 12.3. The Morgan fingerprint density at radius 1 is 1.20 bits per heavy atom. The second-order valence-corrected chi connectivity index (χ2v) is 6.42. The molecule has 1 fully saturated rings. The molecule has 0 aromatic heterocycles. The predicted molar refractivity (Wildman–Crippen MR) is 83.9 cm³/mol. The molecule has 2 unspecified atom stereocenters. The van der Waals surface area contributed by atoms with E-state index in [1.807, 2.05) is 0 Å². The smallest absolute Gasteiger partial charge is 0.176 e. The van der Waals surface area contributed by atoms with Crippen molar-refractivity contribution in [3.05, 3.63) is 33.8 Å². The van der Waals surface area contributed by atoms with E-state index in [4.69, 9.17) is 23.2 Å². The van der Waals surface area contributed by atoms with Crippen molar-refractivity contribution in [1.29, 1.82) is 0 Å². The number of hydrogen-bond donors (Lipinski definition) is 0. The number of hydrogen-bond acceptors (Lipinski definition) is 3. The average Bonchev–Trinajstić information content (AvgIpc) is 2.39. The van der Waals surface area contributed by atoms with E-state index in [1.165, 1.54) is 0 Å². The van der Waals surface area contributed by atoms with Crippen molar-refractivity contribution in [2.45, 2.75) is 25.9 Å². The average molecular weight is 315 g/mol. The number of piperazine rings is 1. The number of nitrogens with zero attached hydrogens (tertiary/aromatic N) is 2. The van der Waals surface area contributed by atoms with E-state index in [0.717, 1.165) is 13.1 Å². The van der Waals surface area contributed by atoms with Gasteiger partial charge >= 0.3 is 0 Å². The molecular weight excluding hydrogens is 295 g/mol. The monoisotopic (exact) mass is 314 g/mol. The summed E-state index contributed by atoms with van der Waals surface area (Å²) in [5.74, 6) is 0.0903. The molecule has 20 heavy (non-hydrogen) atoms. The highest BCUT2D eigenvalue weighted by Crippen LogP contribution is 2.23. The van der Waals surface area contributed by atoms with Gasteiger partial charge in [0.25, 0.3) is 0 Å². The van der Waals surface area contributed by atoms with E-state index in [0.29, 0.717) is 34.2 Å². The Bertz CT molecular complexity index is 495. The standard InChI is InChI=1S/C15H20Cl2N2O/c1-10-7-19(8-11(2)18(10)3)9-15(20)12-4-5-13(16)14(17)6-12/h4-6,10-11H,7-9H2,1-3H3. The number of carbonyl (C=O) groups excluding carboxylic acids is 1. The van der Waals surface area contributed by atoms with E-state index in [-0.39, 0.29) is 5.78 Å². The quantitative estimate of drug-likeness (QED) is 0.800. The van der Waals surface area contributed by atoms with E-state index >= 15 is 0 Å². The fourth-order valence-electron chi connectivity index (χ4n) is 2.61. The van der Waals surface area contributed by atoms with Crippen LogP contribution in [0.1, 0.15) is 24.2 Å². The van der Waals surface area contributed by atoms with Gasteiger partial charge in [-0.2, -0.15) is 0 Å². The highest BCUT2D eigenvalue weighted by atomic mass is 35.5. The SMILES string of the molecule is CC1CN(CC(=O)c2ccc(Cl)c(Cl)c2)CC(C)N1C. The first-order chi connectivity index (χ1) is 9.38. The summed E-state index contributed by atoms with van der Waals surface area (Å²) >= 11 is 11.8. The van der Waals surface area contributed by atoms with Crippen LogP contribution in [-0.2, 0) is 0 Å². The lowest BCUT2D eigenvalue weighted by atomic mass is 10.1. The summed E-state index contributed by atoms with van der Waals surface area (Å²) in [4.78, 5) is 16.9. The van der Waals surface area contributed by atoms with Gasteiger partial charge in [0.1, 0.15) is 0 Å². The third-order valence-corrected chi connectivity index (χ3v) is 4.78. The maximum atomic E-state index is 12.3. The highest BCUT2D eigenvalue weighted by molar-refractivity contribution is 6.42. The van der Waals surface area contributed by atoms with Gasteiger partial charge in [-0.05, 0) is 39.1 Å². The van der Waals surface area contributed by atoms with Crippen molar-refractivity contribution >= 4 is 29.0 Å². The van der Waals surface area contributed by atoms with Crippen molar-refractivity contribution < 1.29 is 4.79 Å². The van der Waals surface area contributed by atoms with Crippen molar-refractivity contribution in [3.8, 4) is 0 Å². The molecule has 1 saturated heterocycles. The zero-order valence-electron chi connectivity index (χ0n) is 12.1. The van der Waals surface area contributed by atoms with Crippen molar-refractivity contribution in [1.82, 2.24) is 9.80 Å². The minimum Gasteiger partial charge on any atom is -0.298 e. The van der Waals surface area contributed by atoms with Gasteiger partial charge < -0.3 is 0 Å². The zero-order valence-corrected chi connectivity index (χ0v) is 13.6. The first-order valence-electron chi connectivity index (χ1n) is 6.81. The molecule has 2 atom stereocenters. The number of benzene rings is 1. The molecule has 0 N–H and O–H groups in total. The second-order valence-electron chi connectivity index (χ2n) is 5.61. The summed E-state index contributed by atoms with van der Waals surface area (Å²) in [6, 6.07) is 5.97. The summed E-state index contributed by atoms with van der Waals surface area (Å²) in [7, 11) is 2.13. The molecule has 1 aliphatic rings. The summed E-state index contributed by atoms with van der Waals surface area (Å²) in [5.41, 5.74) is 0.624. The molecule has 0 radical (unpaired) electrons. The molecule has 1 aromatic carbocycles. The Labute approximate surface area is 130 Å². The van der Waals surface area contributed by atoms with Crippen LogP contribution in [0.15, 0.2) is 18.2 Å². The van der Waals surface area contributed by atoms with Crippen LogP contribution in [0.25, 0.3) is 0 Å². The van der Waals surface area contributed by atoms with Gasteiger partial charge in [-0.3, -0.25) is 14.6 Å². The third kappa shape index (κ3) is 3.53. The number of halogens is 2. The first-order valence-corrected chi connectivity index (χ1v) is 7.56. The van der Waals surface area contributed by atoms with E-state index in [1.54, 1.807) is 18.2 Å². The minimum absolute atomic E-state index is 0.0903. The summed E-state index contributed by atoms with van der Waals surface area (Å²) in [6.07, 6.45) is 0. The molecule has 1 aliphatic heterocycles. The Kier molecular flexibility index (Phi) is 5.08. The number of likely N-dealkylation sites (N-methyl/N-ethyl adjacent to an activating group) is 1. The molecule has 110 valence electrons. The summed E-state index contributed by atoms with van der Waals surface area (Å²) in [5, 5.41) is 0.905. The van der Waals surface area contributed by atoms with Crippen LogP contribution in [0.4, 0.5) is 0 Å². The van der Waals surface area contributed by atoms with Crippen LogP contribution >= 0.6 is 23.2 Å². The van der Waals surface area contributed by atoms with Gasteiger partial charge in [0, 0.05) is 30.7 Å². The Morgan fingerprint density at radius 2 is 1.80 bits per heavy atom. The van der Waals surface area contributed by atoms with Gasteiger partial charge in [0.15, 0.2) is 5.78 Å². The lowest BCUT2D eigenvalue weighted by Gasteiger charge is -2.42. The minimum atomic E-state index is 0.0903. The van der Waals surface area contributed by atoms with Crippen molar-refractivity contribution in [2.24, 2.45) is 0 Å². The lowest BCUT2D eigenvalue weighted by Crippen LogP contribution is -2.55. The van der Waals surface area contributed by atoms with Gasteiger partial charge in [-0.25, -0.2) is 0 Å². The number of rotatable bonds is 3. The normalized spacial score (nSPS) is 24.9. The Balaban J connectivity index is 2.02. The van der Waals surface area contributed by atoms with E-state index in [2.05, 4.69) is 30.7 Å². The second kappa shape index (κ2) is 6.44. The van der Waals surface area contributed by atoms with Gasteiger partial charge in [0.05, 0.1) is 16.6 Å². The molecule has 0 spiro atoms. The van der Waals surface area contributed by atoms with Crippen molar-refractivity contribution in [2.75, 3.05) is 26.7 Å². The van der Waals surface area contributed by atoms with Crippen LogP contribution < -0.4 is 0 Å². The van der Waals surface area contributed by atoms with Crippen LogP contribution in [-0.4, -0.2) is 54.3 Å². The Hall–Kier alpha value is -0.610. The van der Waals surface area contributed by atoms with Gasteiger partial charge in [0.2, 0.25) is 0 Å². The lowest BCUT2D eigenvalue weighted by molar-refractivity contribution is 0.0549. The van der Waals surface area contributed by atoms with Crippen LogP contribution in [0.2, 0.25) is 10.0 Å². The van der Waals surface area contributed by atoms with Crippen LogP contribution in [0, 0.1) is 0 Å². The van der Waals surface area contributed by atoms with Crippen molar-refractivity contribution in [3.63, 3.8) is 0 Å². The van der Waals surface area contributed by atoms with E-state index in [9.17, 15) is 4.79 Å². The molecule has 0 saturated carbocycles. The maximum Gasteiger partial charge on any atom is 0.176 e. The van der Waals surface area contributed by atoms with Gasteiger partial charge in [-0.1, -0.05) is 23.2 Å². The zero-order chi connectivity index (χ0) is 14.9. The predicted octanol–water partition coefficient (Wildman–Crippen LogP) is 3.20. The highest BCUT2D eigenvalue weighted by Gasteiger charge is 2.27. The summed E-state index contributed by atoms with van der Waals surface area (Å²) < 4.78 is 0. The molecule has 5 heteroatoms. The fourth-order valence-corrected chi connectivity index (χ4v) is 2.91. The molecule has 2 rings (SSSR count). The molecule has 1 aromatic rings. The summed E-state index contributed by atoms with van der Waals surface area (Å²) in [6.45, 7) is 6.63. The van der Waals surface area contributed by atoms with Crippen LogP contribution in [0.5, 0.6) is 0 Å². The third-order valence-electron chi connectivity index (χ3n) is 4.04. The first kappa shape index (κ1) is 15.8. The number of ketones is 1. The molecule has 0 bridgehead atoms. The Morgan fingerprint density at radius 3 is 2.35 bits per heavy atom.